The van der Waals surface area contributed by atoms with Gasteiger partial charge in [-0.15, -0.1) is 0 Å². The number of benzene rings is 2. The minimum atomic E-state index is 0.00671. The van der Waals surface area contributed by atoms with Crippen LogP contribution >= 0.6 is 0 Å². The molecule has 2 N–H and O–H groups in total. The molecular formula is C19H18N2. The fourth-order valence-electron chi connectivity index (χ4n) is 3.58. The second-order valence-corrected chi connectivity index (χ2v) is 5.79. The van der Waals surface area contributed by atoms with Gasteiger partial charge in [0.25, 0.3) is 0 Å². The molecule has 0 spiro atoms. The van der Waals surface area contributed by atoms with Crippen LogP contribution in [0.3, 0.4) is 0 Å². The van der Waals surface area contributed by atoms with Crippen LogP contribution in [0.25, 0.3) is 10.9 Å². The lowest BCUT2D eigenvalue weighted by molar-refractivity contribution is 0.553. The van der Waals surface area contributed by atoms with Crippen molar-refractivity contribution >= 4 is 10.9 Å². The van der Waals surface area contributed by atoms with E-state index in [4.69, 9.17) is 5.73 Å². The number of nitrogens with zero attached hydrogens (tertiary/aromatic N) is 1. The number of nitrogens with two attached hydrogens (primary N) is 1. The predicted molar refractivity (Wildman–Crippen MR) is 86.2 cm³/mol. The first kappa shape index (κ1) is 12.5. The van der Waals surface area contributed by atoms with Gasteiger partial charge in [-0.2, -0.15) is 0 Å². The van der Waals surface area contributed by atoms with Crippen LogP contribution in [0.2, 0.25) is 0 Å². The Bertz CT molecular complexity index is 789. The van der Waals surface area contributed by atoms with E-state index in [0.29, 0.717) is 5.92 Å². The third kappa shape index (κ3) is 2.03. The minimum absolute atomic E-state index is 0.00671. The zero-order valence-electron chi connectivity index (χ0n) is 11.9. The first-order chi connectivity index (χ1) is 10.3. The van der Waals surface area contributed by atoms with Gasteiger partial charge in [-0.1, -0.05) is 48.5 Å². The summed E-state index contributed by atoms with van der Waals surface area (Å²) in [4.78, 5) is 4.55. The highest BCUT2D eigenvalue weighted by atomic mass is 14.7. The monoisotopic (exact) mass is 274 g/mol. The molecule has 2 nitrogen and oxygen atoms in total. The molecule has 21 heavy (non-hydrogen) atoms. The van der Waals surface area contributed by atoms with Crippen molar-refractivity contribution in [2.75, 3.05) is 0 Å². The van der Waals surface area contributed by atoms with E-state index in [2.05, 4.69) is 53.5 Å². The molecule has 2 unspecified atom stereocenters. The summed E-state index contributed by atoms with van der Waals surface area (Å²) in [5, 5.41) is 1.16. The first-order valence-corrected chi connectivity index (χ1v) is 7.51. The number of aryl methyl sites for hydroxylation is 1. The Morgan fingerprint density at radius 3 is 2.81 bits per heavy atom. The molecule has 2 atom stereocenters. The largest absolute Gasteiger partial charge is 0.323 e. The number of aromatic nitrogens is 1. The van der Waals surface area contributed by atoms with Crippen LogP contribution < -0.4 is 5.73 Å². The molecule has 0 aliphatic heterocycles. The quantitative estimate of drug-likeness (QED) is 0.768. The van der Waals surface area contributed by atoms with Gasteiger partial charge in [-0.05, 0) is 35.6 Å². The molecule has 1 heterocycles. The molecule has 2 heteroatoms. The van der Waals surface area contributed by atoms with Crippen molar-refractivity contribution in [1.29, 1.82) is 0 Å². The molecule has 0 radical (unpaired) electrons. The Balaban J connectivity index is 1.80. The molecule has 0 saturated carbocycles. The van der Waals surface area contributed by atoms with Crippen molar-refractivity contribution in [2.45, 2.75) is 24.8 Å². The van der Waals surface area contributed by atoms with E-state index < -0.39 is 0 Å². The van der Waals surface area contributed by atoms with E-state index in [9.17, 15) is 0 Å². The van der Waals surface area contributed by atoms with Crippen LogP contribution in [0.5, 0.6) is 0 Å². The Morgan fingerprint density at radius 1 is 1.00 bits per heavy atom. The van der Waals surface area contributed by atoms with Gasteiger partial charge in [0, 0.05) is 23.5 Å². The van der Waals surface area contributed by atoms with Crippen LogP contribution in [-0.2, 0) is 6.42 Å². The summed E-state index contributed by atoms with van der Waals surface area (Å²) in [5.41, 5.74) is 11.7. The fourth-order valence-corrected chi connectivity index (χ4v) is 3.58. The summed E-state index contributed by atoms with van der Waals surface area (Å²) >= 11 is 0. The second-order valence-electron chi connectivity index (χ2n) is 5.79. The third-order valence-electron chi connectivity index (χ3n) is 4.64. The number of para-hydroxylation sites is 1. The lowest BCUT2D eigenvalue weighted by Crippen LogP contribution is -2.18. The highest BCUT2D eigenvalue weighted by molar-refractivity contribution is 5.82. The van der Waals surface area contributed by atoms with E-state index >= 15 is 0 Å². The normalized spacial score (nSPS) is 18.6. The summed E-state index contributed by atoms with van der Waals surface area (Å²) in [6.45, 7) is 0. The van der Waals surface area contributed by atoms with E-state index in [1.807, 2.05) is 12.3 Å². The lowest BCUT2D eigenvalue weighted by atomic mass is 9.88. The van der Waals surface area contributed by atoms with Crippen molar-refractivity contribution in [3.63, 3.8) is 0 Å². The maximum absolute atomic E-state index is 6.64. The summed E-state index contributed by atoms with van der Waals surface area (Å²) in [7, 11) is 0. The minimum Gasteiger partial charge on any atom is -0.323 e. The van der Waals surface area contributed by atoms with Crippen LogP contribution in [0, 0.1) is 0 Å². The summed E-state index contributed by atoms with van der Waals surface area (Å²) in [6, 6.07) is 19.1. The number of rotatable bonds is 2. The van der Waals surface area contributed by atoms with Gasteiger partial charge >= 0.3 is 0 Å². The molecule has 1 aliphatic carbocycles. The van der Waals surface area contributed by atoms with Crippen LogP contribution in [0.1, 0.15) is 35.1 Å². The highest BCUT2D eigenvalue weighted by Crippen LogP contribution is 2.41. The van der Waals surface area contributed by atoms with Crippen LogP contribution in [0.4, 0.5) is 0 Å². The summed E-state index contributed by atoms with van der Waals surface area (Å²) < 4.78 is 0. The Morgan fingerprint density at radius 2 is 1.86 bits per heavy atom. The van der Waals surface area contributed by atoms with Gasteiger partial charge in [0.2, 0.25) is 0 Å². The molecule has 2 aromatic carbocycles. The van der Waals surface area contributed by atoms with E-state index in [0.717, 1.165) is 29.3 Å². The zero-order chi connectivity index (χ0) is 14.2. The first-order valence-electron chi connectivity index (χ1n) is 7.51. The molecule has 0 amide bonds. The Kier molecular flexibility index (Phi) is 2.97. The second kappa shape index (κ2) is 4.97. The Hall–Kier alpha value is -2.19. The van der Waals surface area contributed by atoms with Gasteiger partial charge in [0.15, 0.2) is 0 Å². The molecule has 0 saturated heterocycles. The number of pyridine rings is 1. The van der Waals surface area contributed by atoms with Gasteiger partial charge in [0.05, 0.1) is 5.52 Å². The molecule has 1 aliphatic rings. The molecule has 0 bridgehead atoms. The van der Waals surface area contributed by atoms with Crippen molar-refractivity contribution in [2.24, 2.45) is 5.73 Å². The number of hydrogen-bond donors (Lipinski definition) is 1. The topological polar surface area (TPSA) is 38.9 Å². The van der Waals surface area contributed by atoms with Gasteiger partial charge in [-0.25, -0.2) is 0 Å². The van der Waals surface area contributed by atoms with Gasteiger partial charge < -0.3 is 5.73 Å². The van der Waals surface area contributed by atoms with E-state index in [1.54, 1.807) is 0 Å². The number of hydrogen-bond acceptors (Lipinski definition) is 2. The third-order valence-corrected chi connectivity index (χ3v) is 4.64. The maximum Gasteiger partial charge on any atom is 0.0749 e. The Labute approximate surface area is 124 Å². The highest BCUT2D eigenvalue weighted by Gasteiger charge is 2.29. The van der Waals surface area contributed by atoms with Gasteiger partial charge in [0.1, 0.15) is 0 Å². The molecular weight excluding hydrogens is 256 g/mol. The predicted octanol–water partition coefficient (Wildman–Crippen LogP) is 3.96. The van der Waals surface area contributed by atoms with Gasteiger partial charge in [-0.3, -0.25) is 4.98 Å². The molecule has 104 valence electrons. The maximum atomic E-state index is 6.64. The summed E-state index contributed by atoms with van der Waals surface area (Å²) in [6.07, 6.45) is 4.11. The van der Waals surface area contributed by atoms with E-state index in [-0.39, 0.29) is 6.04 Å². The molecule has 4 rings (SSSR count). The van der Waals surface area contributed by atoms with Crippen LogP contribution in [0.15, 0.2) is 60.8 Å². The molecule has 1 aromatic heterocycles. The smallest absolute Gasteiger partial charge is 0.0749 e. The average Bonchev–Trinajstić information content (AvgIpc) is 2.98. The SMILES string of the molecule is NC(c1cccc2cccnc12)C1CCc2ccccc21. The summed E-state index contributed by atoms with van der Waals surface area (Å²) in [5.74, 6) is 0.397. The van der Waals surface area contributed by atoms with Crippen molar-refractivity contribution in [3.05, 3.63) is 77.5 Å². The number of fused-ring (bicyclic) bond motifs is 2. The van der Waals surface area contributed by atoms with Crippen molar-refractivity contribution in [3.8, 4) is 0 Å². The van der Waals surface area contributed by atoms with Crippen molar-refractivity contribution in [1.82, 2.24) is 4.98 Å². The van der Waals surface area contributed by atoms with Crippen LogP contribution in [-0.4, -0.2) is 4.98 Å². The zero-order valence-corrected chi connectivity index (χ0v) is 11.9. The lowest BCUT2D eigenvalue weighted by Gasteiger charge is -2.21. The molecule has 3 aromatic rings. The fraction of sp³-hybridized carbons (Fsp3) is 0.211. The van der Waals surface area contributed by atoms with E-state index in [1.165, 1.54) is 11.1 Å². The molecule has 0 fully saturated rings. The average molecular weight is 274 g/mol. The van der Waals surface area contributed by atoms with Crippen molar-refractivity contribution < 1.29 is 0 Å². The standard InChI is InChI=1S/C19H18N2/c20-18(16-11-10-13-5-1-2-8-15(13)16)17-9-3-6-14-7-4-12-21-19(14)17/h1-9,12,16,18H,10-11,20H2.